The third-order valence-electron chi connectivity index (χ3n) is 5.35. The Morgan fingerprint density at radius 1 is 1.30 bits per heavy atom. The molecule has 3 aromatic rings. The van der Waals surface area contributed by atoms with Crippen molar-refractivity contribution in [1.82, 2.24) is 9.66 Å². The molecule has 27 heavy (non-hydrogen) atoms. The van der Waals surface area contributed by atoms with Crippen LogP contribution in [0, 0.1) is 0 Å². The van der Waals surface area contributed by atoms with Gasteiger partial charge in [0.1, 0.15) is 23.7 Å². The van der Waals surface area contributed by atoms with Crippen LogP contribution < -0.4 is 21.0 Å². The highest BCUT2D eigenvalue weighted by Gasteiger charge is 2.26. The van der Waals surface area contributed by atoms with Crippen LogP contribution in [0.5, 0.6) is 5.75 Å². The molecule has 142 valence electrons. The van der Waals surface area contributed by atoms with E-state index in [0.717, 1.165) is 53.3 Å². The smallest absolute Gasteiger partial charge is 0.281 e. The van der Waals surface area contributed by atoms with E-state index in [1.54, 1.807) is 16.2 Å². The molecule has 1 aliphatic rings. The molecule has 6 nitrogen and oxygen atoms in total. The highest BCUT2D eigenvalue weighted by atomic mass is 32.1. The van der Waals surface area contributed by atoms with Crippen LogP contribution >= 0.6 is 11.3 Å². The first kappa shape index (κ1) is 18.0. The first-order chi connectivity index (χ1) is 13.1. The average Bonchev–Trinajstić information content (AvgIpc) is 3.07. The van der Waals surface area contributed by atoms with E-state index >= 15 is 0 Å². The maximum atomic E-state index is 12.9. The number of nitrogens with one attached hydrogen (secondary N) is 1. The Morgan fingerprint density at radius 2 is 2.07 bits per heavy atom. The third-order valence-corrected chi connectivity index (χ3v) is 6.48. The van der Waals surface area contributed by atoms with E-state index in [4.69, 9.17) is 10.6 Å². The van der Waals surface area contributed by atoms with Crippen molar-refractivity contribution in [3.8, 4) is 5.75 Å². The molecular weight excluding hydrogens is 360 g/mol. The first-order valence-corrected chi connectivity index (χ1v) is 10.3. The predicted molar refractivity (Wildman–Crippen MR) is 108 cm³/mol. The number of aromatic nitrogens is 2. The summed E-state index contributed by atoms with van der Waals surface area (Å²) in [6.45, 7) is 7.59. The van der Waals surface area contributed by atoms with Crippen molar-refractivity contribution in [2.45, 2.75) is 39.8 Å². The monoisotopic (exact) mass is 385 g/mol. The highest BCUT2D eigenvalue weighted by Crippen LogP contribution is 2.29. The van der Waals surface area contributed by atoms with E-state index in [1.807, 2.05) is 24.3 Å². The van der Waals surface area contributed by atoms with Crippen LogP contribution in [0.25, 0.3) is 10.2 Å². The number of rotatable bonds is 5. The van der Waals surface area contributed by atoms with Gasteiger partial charge in [-0.15, -0.1) is 11.3 Å². The zero-order chi connectivity index (χ0) is 19.0. The summed E-state index contributed by atoms with van der Waals surface area (Å²) in [6, 6.07) is 7.94. The number of nitrogens with zero attached hydrogens (tertiary/aromatic N) is 2. The largest absolute Gasteiger partial charge is 0.486 e. The molecule has 1 aliphatic heterocycles. The van der Waals surface area contributed by atoms with Gasteiger partial charge in [-0.1, -0.05) is 19.1 Å². The summed E-state index contributed by atoms with van der Waals surface area (Å²) in [7, 11) is 0. The Bertz CT molecular complexity index is 1020. The minimum absolute atomic E-state index is 0.169. The SMILES string of the molecule is CCc1ccc(OCc2nc3sc4c(c3c(=O)n2N)CC[NH+](CC)C4)cc1. The number of nitrogens with two attached hydrogens (primary N) is 1. The third kappa shape index (κ3) is 3.33. The average molecular weight is 386 g/mol. The van der Waals surface area contributed by atoms with Crippen LogP contribution in [0.4, 0.5) is 0 Å². The fourth-order valence-corrected chi connectivity index (χ4v) is 4.90. The van der Waals surface area contributed by atoms with Gasteiger partial charge >= 0.3 is 0 Å². The number of hydrogen-bond acceptors (Lipinski definition) is 5. The van der Waals surface area contributed by atoms with E-state index in [2.05, 4.69) is 18.8 Å². The summed E-state index contributed by atoms with van der Waals surface area (Å²) in [5.41, 5.74) is 2.23. The van der Waals surface area contributed by atoms with Crippen molar-refractivity contribution in [2.75, 3.05) is 18.9 Å². The number of thiophene rings is 1. The molecule has 0 radical (unpaired) electrons. The molecule has 0 amide bonds. The van der Waals surface area contributed by atoms with Crippen molar-refractivity contribution in [2.24, 2.45) is 0 Å². The van der Waals surface area contributed by atoms with Crippen LogP contribution in [-0.2, 0) is 26.0 Å². The maximum absolute atomic E-state index is 12.9. The molecule has 0 fully saturated rings. The van der Waals surface area contributed by atoms with Gasteiger partial charge in [0.05, 0.1) is 23.4 Å². The Labute approximate surface area is 162 Å². The molecule has 7 heteroatoms. The molecule has 3 N–H and O–H groups in total. The van der Waals surface area contributed by atoms with Crippen molar-refractivity contribution in [3.05, 3.63) is 56.4 Å². The van der Waals surface area contributed by atoms with Gasteiger partial charge in [0.25, 0.3) is 5.56 Å². The zero-order valence-electron chi connectivity index (χ0n) is 15.7. The lowest BCUT2D eigenvalue weighted by atomic mass is 10.1. The second-order valence-electron chi connectivity index (χ2n) is 6.95. The van der Waals surface area contributed by atoms with Gasteiger partial charge < -0.3 is 15.5 Å². The maximum Gasteiger partial charge on any atom is 0.281 e. The molecule has 4 rings (SSSR count). The summed E-state index contributed by atoms with van der Waals surface area (Å²) < 4.78 is 6.96. The van der Waals surface area contributed by atoms with Crippen LogP contribution in [0.1, 0.15) is 35.7 Å². The Hall–Kier alpha value is -2.38. The lowest BCUT2D eigenvalue weighted by Crippen LogP contribution is -3.11. The van der Waals surface area contributed by atoms with Crippen LogP contribution in [0.15, 0.2) is 29.1 Å². The fraction of sp³-hybridized carbons (Fsp3) is 0.400. The normalized spacial score (nSPS) is 16.4. The Morgan fingerprint density at radius 3 is 2.78 bits per heavy atom. The van der Waals surface area contributed by atoms with Gasteiger partial charge in [-0.25, -0.2) is 9.66 Å². The predicted octanol–water partition coefficient (Wildman–Crippen LogP) is 1.27. The van der Waals surface area contributed by atoms with Crippen molar-refractivity contribution in [3.63, 3.8) is 0 Å². The molecule has 0 bridgehead atoms. The molecule has 1 aromatic carbocycles. The molecule has 2 aromatic heterocycles. The lowest BCUT2D eigenvalue weighted by Gasteiger charge is -2.22. The van der Waals surface area contributed by atoms with E-state index in [1.165, 1.54) is 10.4 Å². The van der Waals surface area contributed by atoms with E-state index in [0.29, 0.717) is 11.2 Å². The number of quaternary nitrogens is 1. The topological polar surface area (TPSA) is 74.6 Å². The summed E-state index contributed by atoms with van der Waals surface area (Å²) >= 11 is 1.63. The van der Waals surface area contributed by atoms with Gasteiger partial charge in [0, 0.05) is 6.42 Å². The summed E-state index contributed by atoms with van der Waals surface area (Å²) in [5.74, 6) is 7.26. The van der Waals surface area contributed by atoms with Gasteiger partial charge in [0.2, 0.25) is 0 Å². The van der Waals surface area contributed by atoms with Gasteiger partial charge in [-0.2, -0.15) is 0 Å². The number of ether oxygens (including phenoxy) is 1. The van der Waals surface area contributed by atoms with Gasteiger partial charge in [-0.3, -0.25) is 4.79 Å². The van der Waals surface area contributed by atoms with Crippen LogP contribution in [0.2, 0.25) is 0 Å². The molecule has 1 unspecified atom stereocenters. The Balaban J connectivity index is 1.64. The molecular formula is C20H25N4O2S+. The molecule has 0 spiro atoms. The minimum Gasteiger partial charge on any atom is -0.486 e. The van der Waals surface area contributed by atoms with E-state index in [9.17, 15) is 4.79 Å². The van der Waals surface area contributed by atoms with Crippen molar-refractivity contribution in [1.29, 1.82) is 0 Å². The highest BCUT2D eigenvalue weighted by molar-refractivity contribution is 7.18. The zero-order valence-corrected chi connectivity index (χ0v) is 16.6. The van der Waals surface area contributed by atoms with E-state index < -0.39 is 0 Å². The molecule has 3 heterocycles. The summed E-state index contributed by atoms with van der Waals surface area (Å²) in [6.07, 6.45) is 1.90. The fourth-order valence-electron chi connectivity index (χ4n) is 3.60. The summed E-state index contributed by atoms with van der Waals surface area (Å²) in [5, 5.41) is 0.698. The van der Waals surface area contributed by atoms with Gasteiger partial charge in [-0.05, 0) is 36.6 Å². The minimum atomic E-state index is -0.169. The quantitative estimate of drug-likeness (QED) is 0.649. The van der Waals surface area contributed by atoms with E-state index in [-0.39, 0.29) is 12.2 Å². The molecule has 0 saturated heterocycles. The Kier molecular flexibility index (Phi) is 4.88. The molecule has 0 aliphatic carbocycles. The van der Waals surface area contributed by atoms with Crippen molar-refractivity contribution < 1.29 is 9.64 Å². The number of fused-ring (bicyclic) bond motifs is 3. The first-order valence-electron chi connectivity index (χ1n) is 9.47. The second kappa shape index (κ2) is 7.32. The van der Waals surface area contributed by atoms with Crippen LogP contribution in [0.3, 0.4) is 0 Å². The lowest BCUT2D eigenvalue weighted by molar-refractivity contribution is -0.913. The standard InChI is InChI=1S/C20H24N4O2S/c1-3-13-5-7-14(8-6-13)26-12-17-22-19-18(20(25)24(17)21)15-9-10-23(4-2)11-16(15)27-19/h5-8H,3-4,9-12,21H2,1-2H3/p+1. The number of aryl methyl sites for hydroxylation is 1. The number of benzene rings is 1. The van der Waals surface area contributed by atoms with Gasteiger partial charge in [0.15, 0.2) is 5.82 Å². The number of hydrogen-bond donors (Lipinski definition) is 2. The summed E-state index contributed by atoms with van der Waals surface area (Å²) in [4.78, 5) is 21.1. The number of nitrogen functional groups attached to an aromatic ring is 1. The number of likely N-dealkylation sites (N-methyl/N-ethyl adjacent to an activating group) is 1. The second-order valence-corrected chi connectivity index (χ2v) is 8.04. The van der Waals surface area contributed by atoms with Crippen molar-refractivity contribution >= 4 is 21.6 Å². The van der Waals surface area contributed by atoms with Crippen LogP contribution in [-0.4, -0.2) is 22.7 Å². The molecule has 1 atom stereocenters. The molecule has 0 saturated carbocycles.